The van der Waals surface area contributed by atoms with Gasteiger partial charge in [0.2, 0.25) is 11.1 Å². The predicted octanol–water partition coefficient (Wildman–Crippen LogP) is 1.99. The van der Waals surface area contributed by atoms with Gasteiger partial charge in [-0.25, -0.2) is 4.68 Å². The second-order valence-corrected chi connectivity index (χ2v) is 6.76. The molecule has 0 unspecified atom stereocenters. The molecule has 0 saturated heterocycles. The molecule has 0 bridgehead atoms. The summed E-state index contributed by atoms with van der Waals surface area (Å²) in [5, 5.41) is 11.4. The Kier molecular flexibility index (Phi) is 6.09. The van der Waals surface area contributed by atoms with Gasteiger partial charge in [0.15, 0.2) is 17.3 Å². The van der Waals surface area contributed by atoms with Crippen LogP contribution in [0.1, 0.15) is 11.3 Å². The molecule has 9 nitrogen and oxygen atoms in total. The van der Waals surface area contributed by atoms with E-state index in [1.165, 1.54) is 16.4 Å². The molecule has 0 atom stereocenters. The molecule has 0 saturated carbocycles. The number of carbonyl (C=O) groups excluding carboxylic acids is 1. The average molecular weight is 403 g/mol. The number of furan rings is 1. The van der Waals surface area contributed by atoms with Gasteiger partial charge in [0.1, 0.15) is 5.76 Å². The molecule has 0 radical (unpaired) electrons. The largest absolute Gasteiger partial charge is 0.493 e. The highest BCUT2D eigenvalue weighted by atomic mass is 32.2. The molecule has 2 aromatic heterocycles. The highest BCUT2D eigenvalue weighted by molar-refractivity contribution is 7.99. The van der Waals surface area contributed by atoms with E-state index in [4.69, 9.17) is 19.7 Å². The fourth-order valence-electron chi connectivity index (χ4n) is 2.55. The minimum absolute atomic E-state index is 0.149. The minimum Gasteiger partial charge on any atom is -0.493 e. The summed E-state index contributed by atoms with van der Waals surface area (Å²) in [4.78, 5) is 12.2. The number of aryl methyl sites for hydroxylation is 1. The lowest BCUT2D eigenvalue weighted by molar-refractivity contribution is -0.118. The Hall–Kier alpha value is -3.14. The summed E-state index contributed by atoms with van der Waals surface area (Å²) in [7, 11) is 3.14. The van der Waals surface area contributed by atoms with Crippen LogP contribution < -0.4 is 20.6 Å². The zero-order chi connectivity index (χ0) is 20.1. The quantitative estimate of drug-likeness (QED) is 0.433. The molecular formula is C18H21N5O4S. The Balaban J connectivity index is 1.55. The highest BCUT2D eigenvalue weighted by Gasteiger charge is 2.16. The average Bonchev–Trinajstić information content (AvgIpc) is 3.29. The van der Waals surface area contributed by atoms with Crippen molar-refractivity contribution in [2.45, 2.75) is 18.6 Å². The molecule has 1 aromatic carbocycles. The van der Waals surface area contributed by atoms with Gasteiger partial charge in [-0.15, -0.1) is 10.2 Å². The van der Waals surface area contributed by atoms with Crippen molar-refractivity contribution in [1.29, 1.82) is 0 Å². The number of benzene rings is 1. The third-order valence-electron chi connectivity index (χ3n) is 4.03. The third kappa shape index (κ3) is 4.22. The van der Waals surface area contributed by atoms with E-state index in [1.807, 2.05) is 19.1 Å². The molecule has 148 valence electrons. The fraction of sp³-hybridized carbons (Fsp3) is 0.278. The van der Waals surface area contributed by atoms with Crippen LogP contribution in [0.15, 0.2) is 40.1 Å². The second-order valence-electron chi connectivity index (χ2n) is 5.82. The maximum atomic E-state index is 12.2. The van der Waals surface area contributed by atoms with E-state index in [0.29, 0.717) is 34.8 Å². The number of hydrogen-bond donors (Lipinski definition) is 2. The number of nitrogens with one attached hydrogen (secondary N) is 1. The van der Waals surface area contributed by atoms with Crippen LogP contribution in [0, 0.1) is 6.92 Å². The first-order chi connectivity index (χ1) is 13.5. The molecule has 3 N–H and O–H groups in total. The Labute approximate surface area is 166 Å². The zero-order valence-electron chi connectivity index (χ0n) is 15.8. The van der Waals surface area contributed by atoms with Gasteiger partial charge >= 0.3 is 0 Å². The van der Waals surface area contributed by atoms with Crippen LogP contribution >= 0.6 is 11.8 Å². The van der Waals surface area contributed by atoms with Crippen molar-refractivity contribution in [3.8, 4) is 22.9 Å². The number of nitrogens with zero attached hydrogens (tertiary/aromatic N) is 3. The Morgan fingerprint density at radius 2 is 2.04 bits per heavy atom. The lowest BCUT2D eigenvalue weighted by Gasteiger charge is -2.10. The standard InChI is InChI=1S/C18H21N5O4S/c1-11-13(6-7-27-11)17-21-22-18(23(17)19)28-10-16(24)20-9-12-4-5-14(25-2)15(8-12)26-3/h4-8H,9-10,19H2,1-3H3,(H,20,24). The number of nitrogen functional groups attached to an aromatic ring is 1. The normalized spacial score (nSPS) is 10.7. The van der Waals surface area contributed by atoms with Crippen LogP contribution in [0.25, 0.3) is 11.4 Å². The summed E-state index contributed by atoms with van der Waals surface area (Å²) in [5.74, 6) is 8.49. The van der Waals surface area contributed by atoms with E-state index in [0.717, 1.165) is 11.1 Å². The van der Waals surface area contributed by atoms with E-state index in [2.05, 4.69) is 15.5 Å². The Morgan fingerprint density at radius 1 is 1.25 bits per heavy atom. The van der Waals surface area contributed by atoms with Gasteiger partial charge < -0.3 is 25.1 Å². The molecular weight excluding hydrogens is 382 g/mol. The Morgan fingerprint density at radius 3 is 2.71 bits per heavy atom. The number of thioether (sulfide) groups is 1. The number of hydrogen-bond acceptors (Lipinski definition) is 8. The monoisotopic (exact) mass is 403 g/mol. The molecule has 0 aliphatic rings. The highest BCUT2D eigenvalue weighted by Crippen LogP contribution is 2.27. The molecule has 0 fully saturated rings. The van der Waals surface area contributed by atoms with Crippen LogP contribution in [0.3, 0.4) is 0 Å². The topological polar surface area (TPSA) is 117 Å². The van der Waals surface area contributed by atoms with Crippen molar-refractivity contribution in [1.82, 2.24) is 20.2 Å². The van der Waals surface area contributed by atoms with Gasteiger partial charge in [-0.05, 0) is 30.7 Å². The van der Waals surface area contributed by atoms with Crippen molar-refractivity contribution in [2.24, 2.45) is 0 Å². The molecule has 10 heteroatoms. The van der Waals surface area contributed by atoms with E-state index in [1.54, 1.807) is 32.6 Å². The lowest BCUT2D eigenvalue weighted by atomic mass is 10.2. The maximum absolute atomic E-state index is 12.2. The molecule has 0 aliphatic heterocycles. The smallest absolute Gasteiger partial charge is 0.230 e. The summed E-state index contributed by atoms with van der Waals surface area (Å²) < 4.78 is 17.1. The van der Waals surface area contributed by atoms with Gasteiger partial charge in [-0.3, -0.25) is 4.79 Å². The van der Waals surface area contributed by atoms with Crippen molar-refractivity contribution in [3.05, 3.63) is 41.9 Å². The molecule has 0 aliphatic carbocycles. The Bertz CT molecular complexity index is 969. The van der Waals surface area contributed by atoms with Crippen molar-refractivity contribution >= 4 is 17.7 Å². The first kappa shape index (κ1) is 19.6. The zero-order valence-corrected chi connectivity index (χ0v) is 16.6. The van der Waals surface area contributed by atoms with Crippen LogP contribution in [0.2, 0.25) is 0 Å². The van der Waals surface area contributed by atoms with Gasteiger partial charge in [-0.2, -0.15) is 0 Å². The van der Waals surface area contributed by atoms with E-state index >= 15 is 0 Å². The van der Waals surface area contributed by atoms with Crippen LogP contribution in [-0.2, 0) is 11.3 Å². The van der Waals surface area contributed by atoms with Gasteiger partial charge in [0.05, 0.1) is 31.8 Å². The number of rotatable bonds is 8. The number of methoxy groups -OCH3 is 2. The number of amides is 1. The summed E-state index contributed by atoms with van der Waals surface area (Å²) in [5.41, 5.74) is 1.66. The van der Waals surface area contributed by atoms with Gasteiger partial charge in [0.25, 0.3) is 0 Å². The summed E-state index contributed by atoms with van der Waals surface area (Å²) >= 11 is 1.20. The van der Waals surface area contributed by atoms with Gasteiger partial charge in [0, 0.05) is 6.54 Å². The van der Waals surface area contributed by atoms with Crippen molar-refractivity contribution in [2.75, 3.05) is 25.8 Å². The lowest BCUT2D eigenvalue weighted by Crippen LogP contribution is -2.25. The van der Waals surface area contributed by atoms with E-state index < -0.39 is 0 Å². The van der Waals surface area contributed by atoms with Crippen molar-refractivity contribution < 1.29 is 18.7 Å². The third-order valence-corrected chi connectivity index (χ3v) is 4.98. The van der Waals surface area contributed by atoms with Crippen LogP contribution in [0.5, 0.6) is 11.5 Å². The van der Waals surface area contributed by atoms with Crippen LogP contribution in [0.4, 0.5) is 0 Å². The molecule has 28 heavy (non-hydrogen) atoms. The SMILES string of the molecule is COc1ccc(CNC(=O)CSc2nnc(-c3ccoc3C)n2N)cc1OC. The molecule has 0 spiro atoms. The first-order valence-electron chi connectivity index (χ1n) is 8.38. The van der Waals surface area contributed by atoms with E-state index in [-0.39, 0.29) is 11.7 Å². The fourth-order valence-corrected chi connectivity index (χ4v) is 3.23. The van der Waals surface area contributed by atoms with Gasteiger partial charge in [-0.1, -0.05) is 17.8 Å². The number of aromatic nitrogens is 3. The summed E-state index contributed by atoms with van der Waals surface area (Å²) in [6, 6.07) is 7.26. The number of nitrogens with two attached hydrogens (primary N) is 1. The number of carbonyl (C=O) groups is 1. The van der Waals surface area contributed by atoms with Crippen molar-refractivity contribution in [3.63, 3.8) is 0 Å². The van der Waals surface area contributed by atoms with E-state index in [9.17, 15) is 4.79 Å². The minimum atomic E-state index is -0.149. The first-order valence-corrected chi connectivity index (χ1v) is 9.37. The maximum Gasteiger partial charge on any atom is 0.230 e. The second kappa shape index (κ2) is 8.70. The molecule has 3 rings (SSSR count). The molecule has 3 aromatic rings. The molecule has 2 heterocycles. The number of ether oxygens (including phenoxy) is 2. The van der Waals surface area contributed by atoms with Crippen LogP contribution in [-0.4, -0.2) is 40.8 Å². The molecule has 1 amide bonds. The predicted molar refractivity (Wildman–Crippen MR) is 105 cm³/mol. The summed E-state index contributed by atoms with van der Waals surface area (Å²) in [6.07, 6.45) is 1.56. The summed E-state index contributed by atoms with van der Waals surface area (Å²) in [6.45, 7) is 2.19.